The van der Waals surface area contributed by atoms with Gasteiger partial charge in [0.05, 0.1) is 10.0 Å². The van der Waals surface area contributed by atoms with Gasteiger partial charge in [0.2, 0.25) is 0 Å². The molecule has 0 aliphatic heterocycles. The summed E-state index contributed by atoms with van der Waals surface area (Å²) in [6.45, 7) is 2.70. The standard InChI is InChI=1S/C13H12Cl3NS/c1-8(12-3-2-6-18-12)17-7-9-10(14)4-5-11(15)13(9)16/h2-6,8,17H,7H2,1H3. The molecule has 0 saturated carbocycles. The molecule has 5 heteroatoms. The predicted octanol–water partition coefficient (Wildman–Crippen LogP) is 5.56. The number of halogens is 3. The summed E-state index contributed by atoms with van der Waals surface area (Å²) in [7, 11) is 0. The first kappa shape index (κ1) is 14.2. The molecule has 0 aliphatic carbocycles. The van der Waals surface area contributed by atoms with Crippen molar-refractivity contribution >= 4 is 46.1 Å². The van der Waals surface area contributed by atoms with E-state index >= 15 is 0 Å². The number of hydrogen-bond acceptors (Lipinski definition) is 2. The number of nitrogens with one attached hydrogen (secondary N) is 1. The van der Waals surface area contributed by atoms with Crippen LogP contribution in [0, 0.1) is 0 Å². The van der Waals surface area contributed by atoms with Crippen LogP contribution in [-0.2, 0) is 6.54 Å². The number of benzene rings is 1. The molecule has 0 bridgehead atoms. The van der Waals surface area contributed by atoms with E-state index in [9.17, 15) is 0 Å². The van der Waals surface area contributed by atoms with E-state index in [1.807, 2.05) is 6.07 Å². The van der Waals surface area contributed by atoms with Crippen LogP contribution in [0.2, 0.25) is 15.1 Å². The molecule has 1 atom stereocenters. The number of hydrogen-bond donors (Lipinski definition) is 1. The van der Waals surface area contributed by atoms with Crippen LogP contribution in [-0.4, -0.2) is 0 Å². The zero-order valence-corrected chi connectivity index (χ0v) is 12.8. The third-order valence-electron chi connectivity index (χ3n) is 2.69. The summed E-state index contributed by atoms with van der Waals surface area (Å²) in [5, 5.41) is 7.14. The Morgan fingerprint density at radius 1 is 1.17 bits per heavy atom. The Morgan fingerprint density at radius 2 is 1.89 bits per heavy atom. The minimum Gasteiger partial charge on any atom is -0.305 e. The monoisotopic (exact) mass is 319 g/mol. The Bertz CT molecular complexity index is 525. The molecule has 1 aromatic carbocycles. The second kappa shape index (κ2) is 6.27. The fourth-order valence-corrected chi connectivity index (χ4v) is 3.06. The molecule has 0 fully saturated rings. The molecule has 0 saturated heterocycles. The minimum atomic E-state index is 0.260. The van der Waals surface area contributed by atoms with Crippen LogP contribution < -0.4 is 5.32 Å². The SMILES string of the molecule is CC(NCc1c(Cl)ccc(Cl)c1Cl)c1cccs1. The van der Waals surface area contributed by atoms with Crippen molar-refractivity contribution in [2.45, 2.75) is 19.5 Å². The summed E-state index contributed by atoms with van der Waals surface area (Å²) in [6.07, 6.45) is 0. The van der Waals surface area contributed by atoms with Gasteiger partial charge in [0.25, 0.3) is 0 Å². The van der Waals surface area contributed by atoms with Crippen molar-refractivity contribution in [2.24, 2.45) is 0 Å². The molecule has 1 aromatic heterocycles. The van der Waals surface area contributed by atoms with E-state index in [0.717, 1.165) is 5.56 Å². The summed E-state index contributed by atoms with van der Waals surface area (Å²) in [5.41, 5.74) is 0.842. The molecule has 0 aliphatic rings. The molecule has 96 valence electrons. The van der Waals surface area contributed by atoms with Crippen LogP contribution in [0.15, 0.2) is 29.6 Å². The lowest BCUT2D eigenvalue weighted by Crippen LogP contribution is -2.17. The van der Waals surface area contributed by atoms with Gasteiger partial charge in [-0.05, 0) is 30.5 Å². The normalized spacial score (nSPS) is 12.7. The zero-order valence-electron chi connectivity index (χ0n) is 9.71. The minimum absolute atomic E-state index is 0.260. The molecular formula is C13H12Cl3NS. The molecule has 1 N–H and O–H groups in total. The zero-order chi connectivity index (χ0) is 13.1. The van der Waals surface area contributed by atoms with E-state index in [1.165, 1.54) is 4.88 Å². The van der Waals surface area contributed by atoms with Crippen molar-refractivity contribution in [3.8, 4) is 0 Å². The van der Waals surface area contributed by atoms with Gasteiger partial charge in [0.15, 0.2) is 0 Å². The van der Waals surface area contributed by atoms with E-state index in [2.05, 4.69) is 23.7 Å². The van der Waals surface area contributed by atoms with E-state index in [0.29, 0.717) is 21.6 Å². The van der Waals surface area contributed by atoms with Crippen LogP contribution >= 0.6 is 46.1 Å². The molecule has 2 rings (SSSR count). The van der Waals surface area contributed by atoms with E-state index in [1.54, 1.807) is 23.5 Å². The largest absolute Gasteiger partial charge is 0.305 e. The predicted molar refractivity (Wildman–Crippen MR) is 81.0 cm³/mol. The average molecular weight is 321 g/mol. The second-order valence-corrected chi connectivity index (χ2v) is 6.11. The van der Waals surface area contributed by atoms with Crippen molar-refractivity contribution < 1.29 is 0 Å². The Morgan fingerprint density at radius 3 is 2.56 bits per heavy atom. The highest BCUT2D eigenvalue weighted by Crippen LogP contribution is 2.31. The fourth-order valence-electron chi connectivity index (χ4n) is 1.62. The Balaban J connectivity index is 2.09. The van der Waals surface area contributed by atoms with Crippen LogP contribution in [0.4, 0.5) is 0 Å². The maximum absolute atomic E-state index is 6.15. The van der Waals surface area contributed by atoms with Crippen molar-refractivity contribution in [1.29, 1.82) is 0 Å². The molecule has 0 spiro atoms. The van der Waals surface area contributed by atoms with Crippen LogP contribution in [0.5, 0.6) is 0 Å². The first-order valence-electron chi connectivity index (χ1n) is 5.48. The van der Waals surface area contributed by atoms with Gasteiger partial charge in [-0.2, -0.15) is 0 Å². The first-order chi connectivity index (χ1) is 8.59. The maximum atomic E-state index is 6.15. The lowest BCUT2D eigenvalue weighted by molar-refractivity contribution is 0.583. The topological polar surface area (TPSA) is 12.0 Å². The summed E-state index contributed by atoms with van der Waals surface area (Å²) in [5.74, 6) is 0. The molecule has 1 unspecified atom stereocenters. The molecule has 0 radical (unpaired) electrons. The average Bonchev–Trinajstić information content (AvgIpc) is 2.87. The fraction of sp³-hybridized carbons (Fsp3) is 0.231. The van der Waals surface area contributed by atoms with Gasteiger partial charge in [0.1, 0.15) is 0 Å². The maximum Gasteiger partial charge on any atom is 0.0652 e. The molecular weight excluding hydrogens is 309 g/mol. The van der Waals surface area contributed by atoms with Crippen molar-refractivity contribution in [1.82, 2.24) is 5.32 Å². The van der Waals surface area contributed by atoms with E-state index < -0.39 is 0 Å². The molecule has 18 heavy (non-hydrogen) atoms. The lowest BCUT2D eigenvalue weighted by atomic mass is 10.2. The highest BCUT2D eigenvalue weighted by atomic mass is 35.5. The van der Waals surface area contributed by atoms with Gasteiger partial charge in [-0.15, -0.1) is 11.3 Å². The molecule has 1 nitrogen and oxygen atoms in total. The van der Waals surface area contributed by atoms with Gasteiger partial charge in [-0.25, -0.2) is 0 Å². The number of rotatable bonds is 4. The highest BCUT2D eigenvalue weighted by Gasteiger charge is 2.12. The summed E-state index contributed by atoms with van der Waals surface area (Å²) in [6, 6.07) is 7.87. The Hall–Kier alpha value is -0.250. The second-order valence-electron chi connectivity index (χ2n) is 3.94. The van der Waals surface area contributed by atoms with Crippen LogP contribution in [0.25, 0.3) is 0 Å². The third kappa shape index (κ3) is 3.19. The third-order valence-corrected chi connectivity index (χ3v) is 4.95. The molecule has 2 aromatic rings. The van der Waals surface area contributed by atoms with Gasteiger partial charge < -0.3 is 5.32 Å². The Kier molecular flexibility index (Phi) is 4.93. The molecule has 0 amide bonds. The quantitative estimate of drug-likeness (QED) is 0.727. The van der Waals surface area contributed by atoms with Gasteiger partial charge in [-0.3, -0.25) is 0 Å². The van der Waals surface area contributed by atoms with Crippen molar-refractivity contribution in [2.75, 3.05) is 0 Å². The Labute approximate surface area is 126 Å². The smallest absolute Gasteiger partial charge is 0.0652 e. The summed E-state index contributed by atoms with van der Waals surface area (Å²) >= 11 is 20.0. The van der Waals surface area contributed by atoms with Gasteiger partial charge in [-0.1, -0.05) is 40.9 Å². The van der Waals surface area contributed by atoms with Crippen LogP contribution in [0.3, 0.4) is 0 Å². The van der Waals surface area contributed by atoms with Gasteiger partial charge in [0, 0.05) is 28.0 Å². The highest BCUT2D eigenvalue weighted by molar-refractivity contribution is 7.10. The van der Waals surface area contributed by atoms with Crippen molar-refractivity contribution in [3.63, 3.8) is 0 Å². The van der Waals surface area contributed by atoms with E-state index in [-0.39, 0.29) is 6.04 Å². The van der Waals surface area contributed by atoms with Gasteiger partial charge >= 0.3 is 0 Å². The van der Waals surface area contributed by atoms with E-state index in [4.69, 9.17) is 34.8 Å². The summed E-state index contributed by atoms with van der Waals surface area (Å²) < 4.78 is 0. The van der Waals surface area contributed by atoms with Crippen LogP contribution in [0.1, 0.15) is 23.4 Å². The van der Waals surface area contributed by atoms with Crippen molar-refractivity contribution in [3.05, 3.63) is 55.2 Å². The lowest BCUT2D eigenvalue weighted by Gasteiger charge is -2.14. The molecule has 1 heterocycles. The first-order valence-corrected chi connectivity index (χ1v) is 7.50. The number of thiophene rings is 1. The summed E-state index contributed by atoms with van der Waals surface area (Å²) in [4.78, 5) is 1.28.